The van der Waals surface area contributed by atoms with E-state index in [9.17, 15) is 9.18 Å². The number of rotatable bonds is 4. The minimum atomic E-state index is -0.352. The van der Waals surface area contributed by atoms with Gasteiger partial charge in [0.05, 0.1) is 6.04 Å². The Labute approximate surface area is 156 Å². The van der Waals surface area contributed by atoms with E-state index in [0.29, 0.717) is 41.3 Å². The lowest BCUT2D eigenvalue weighted by Gasteiger charge is -2.25. The third kappa shape index (κ3) is 3.35. The first kappa shape index (κ1) is 17.4. The number of carbonyl (C=O) groups excluding carboxylic acids is 1. The summed E-state index contributed by atoms with van der Waals surface area (Å²) in [6, 6.07) is 11.8. The van der Waals surface area contributed by atoms with Crippen LogP contribution < -0.4 is 14.8 Å². The van der Waals surface area contributed by atoms with E-state index in [1.807, 2.05) is 32.0 Å². The van der Waals surface area contributed by atoms with Crippen LogP contribution in [0.1, 0.15) is 35.9 Å². The number of nitrogens with one attached hydrogen (secondary N) is 2. The SMILES string of the molecule is CC(C)[C@@H](NC(=O)c1cc2c(F)cccc2[nH]1)c1ccc2c(c1)OCCO2. The van der Waals surface area contributed by atoms with Crippen LogP contribution >= 0.6 is 0 Å². The Morgan fingerprint density at radius 3 is 2.63 bits per heavy atom. The Hall–Kier alpha value is -3.02. The third-order valence-corrected chi connectivity index (χ3v) is 4.73. The van der Waals surface area contributed by atoms with E-state index in [0.717, 1.165) is 5.56 Å². The van der Waals surface area contributed by atoms with Gasteiger partial charge in [-0.2, -0.15) is 0 Å². The van der Waals surface area contributed by atoms with E-state index in [1.54, 1.807) is 18.2 Å². The monoisotopic (exact) mass is 368 g/mol. The summed E-state index contributed by atoms with van der Waals surface area (Å²) in [5, 5.41) is 3.45. The highest BCUT2D eigenvalue weighted by atomic mass is 19.1. The van der Waals surface area contributed by atoms with Crippen LogP contribution in [0.3, 0.4) is 0 Å². The van der Waals surface area contributed by atoms with Gasteiger partial charge in [0.1, 0.15) is 24.7 Å². The van der Waals surface area contributed by atoms with E-state index in [-0.39, 0.29) is 23.7 Å². The third-order valence-electron chi connectivity index (χ3n) is 4.73. The zero-order valence-corrected chi connectivity index (χ0v) is 15.2. The fourth-order valence-electron chi connectivity index (χ4n) is 3.35. The first-order valence-electron chi connectivity index (χ1n) is 9.00. The molecule has 1 amide bonds. The molecule has 0 radical (unpaired) electrons. The molecule has 0 spiro atoms. The standard InChI is InChI=1S/C21H21FN2O3/c1-12(2)20(13-6-7-18-19(10-13)27-9-8-26-18)24-21(25)17-11-14-15(22)4-3-5-16(14)23-17/h3-7,10-12,20,23H,8-9H2,1-2H3,(H,24,25)/t20-/m1/s1. The second-order valence-electron chi connectivity index (χ2n) is 6.98. The van der Waals surface area contributed by atoms with Crippen LogP contribution in [0.15, 0.2) is 42.5 Å². The van der Waals surface area contributed by atoms with Crippen LogP contribution in [-0.4, -0.2) is 24.1 Å². The number of carbonyl (C=O) groups is 1. The topological polar surface area (TPSA) is 63.4 Å². The molecule has 0 aliphatic carbocycles. The van der Waals surface area contributed by atoms with Crippen molar-refractivity contribution in [3.63, 3.8) is 0 Å². The maximum Gasteiger partial charge on any atom is 0.268 e. The van der Waals surface area contributed by atoms with Crippen LogP contribution in [0.5, 0.6) is 11.5 Å². The fourth-order valence-corrected chi connectivity index (χ4v) is 3.35. The molecular weight excluding hydrogens is 347 g/mol. The maximum absolute atomic E-state index is 13.9. The zero-order chi connectivity index (χ0) is 19.0. The molecule has 5 nitrogen and oxygen atoms in total. The molecule has 2 aromatic carbocycles. The lowest BCUT2D eigenvalue weighted by atomic mass is 9.95. The molecular formula is C21H21FN2O3. The van der Waals surface area contributed by atoms with Gasteiger partial charge in [-0.1, -0.05) is 26.0 Å². The van der Waals surface area contributed by atoms with Gasteiger partial charge in [0, 0.05) is 10.9 Å². The number of amides is 1. The van der Waals surface area contributed by atoms with Crippen LogP contribution in [0.4, 0.5) is 4.39 Å². The molecule has 0 saturated heterocycles. The Morgan fingerprint density at radius 2 is 1.89 bits per heavy atom. The van der Waals surface area contributed by atoms with Gasteiger partial charge in [-0.15, -0.1) is 0 Å². The molecule has 27 heavy (non-hydrogen) atoms. The van der Waals surface area contributed by atoms with Crippen molar-refractivity contribution in [3.8, 4) is 11.5 Å². The fraction of sp³-hybridized carbons (Fsp3) is 0.286. The van der Waals surface area contributed by atoms with E-state index in [1.165, 1.54) is 6.07 Å². The van der Waals surface area contributed by atoms with E-state index < -0.39 is 0 Å². The largest absolute Gasteiger partial charge is 0.486 e. The van der Waals surface area contributed by atoms with Crippen LogP contribution in [0.25, 0.3) is 10.9 Å². The van der Waals surface area contributed by atoms with Crippen LogP contribution in [0.2, 0.25) is 0 Å². The Morgan fingerprint density at radius 1 is 1.11 bits per heavy atom. The minimum absolute atomic E-state index is 0.151. The zero-order valence-electron chi connectivity index (χ0n) is 15.2. The first-order chi connectivity index (χ1) is 13.0. The highest BCUT2D eigenvalue weighted by molar-refractivity contribution is 5.98. The molecule has 1 aliphatic heterocycles. The molecule has 1 aromatic heterocycles. The highest BCUT2D eigenvalue weighted by Gasteiger charge is 2.23. The van der Waals surface area contributed by atoms with Gasteiger partial charge in [-0.25, -0.2) is 4.39 Å². The summed E-state index contributed by atoms with van der Waals surface area (Å²) in [6.45, 7) is 5.11. The molecule has 0 unspecified atom stereocenters. The molecule has 0 fully saturated rings. The Bertz CT molecular complexity index is 996. The average molecular weight is 368 g/mol. The Balaban J connectivity index is 1.61. The van der Waals surface area contributed by atoms with Gasteiger partial charge < -0.3 is 19.8 Å². The molecule has 3 aromatic rings. The number of fused-ring (bicyclic) bond motifs is 2. The summed E-state index contributed by atoms with van der Waals surface area (Å²) in [7, 11) is 0. The second kappa shape index (κ2) is 6.95. The normalized spacial score (nSPS) is 14.4. The molecule has 0 bridgehead atoms. The van der Waals surface area contributed by atoms with Crippen molar-refractivity contribution in [3.05, 3.63) is 59.5 Å². The molecule has 1 aliphatic rings. The van der Waals surface area contributed by atoms with Crippen molar-refractivity contribution < 1.29 is 18.7 Å². The van der Waals surface area contributed by atoms with Crippen molar-refractivity contribution >= 4 is 16.8 Å². The number of benzene rings is 2. The summed E-state index contributed by atoms with van der Waals surface area (Å²) < 4.78 is 25.1. The lowest BCUT2D eigenvalue weighted by Crippen LogP contribution is -2.32. The van der Waals surface area contributed by atoms with E-state index in [2.05, 4.69) is 10.3 Å². The van der Waals surface area contributed by atoms with Gasteiger partial charge in [0.2, 0.25) is 0 Å². The molecule has 2 N–H and O–H groups in total. The van der Waals surface area contributed by atoms with E-state index in [4.69, 9.17) is 9.47 Å². The number of hydrogen-bond donors (Lipinski definition) is 2. The number of H-pyrrole nitrogens is 1. The molecule has 4 rings (SSSR count). The summed E-state index contributed by atoms with van der Waals surface area (Å²) in [6.07, 6.45) is 0. The predicted molar refractivity (Wildman–Crippen MR) is 101 cm³/mol. The molecule has 6 heteroatoms. The summed E-state index contributed by atoms with van der Waals surface area (Å²) in [5.41, 5.74) is 1.86. The van der Waals surface area contributed by atoms with Crippen molar-refractivity contribution in [2.24, 2.45) is 5.92 Å². The van der Waals surface area contributed by atoms with Crippen molar-refractivity contribution in [1.29, 1.82) is 0 Å². The number of aromatic nitrogens is 1. The summed E-state index contributed by atoms with van der Waals surface area (Å²) >= 11 is 0. The van der Waals surface area contributed by atoms with Gasteiger partial charge >= 0.3 is 0 Å². The van der Waals surface area contributed by atoms with Gasteiger partial charge in [0.15, 0.2) is 11.5 Å². The summed E-state index contributed by atoms with van der Waals surface area (Å²) in [4.78, 5) is 15.8. The van der Waals surface area contributed by atoms with Crippen LogP contribution in [0, 0.1) is 11.7 Å². The quantitative estimate of drug-likeness (QED) is 0.725. The molecule has 2 heterocycles. The smallest absolute Gasteiger partial charge is 0.268 e. The Kier molecular flexibility index (Phi) is 4.48. The van der Waals surface area contributed by atoms with Crippen molar-refractivity contribution in [2.75, 3.05) is 13.2 Å². The summed E-state index contributed by atoms with van der Waals surface area (Å²) in [5.74, 6) is 0.920. The van der Waals surface area contributed by atoms with Crippen LogP contribution in [-0.2, 0) is 0 Å². The van der Waals surface area contributed by atoms with Crippen molar-refractivity contribution in [2.45, 2.75) is 19.9 Å². The van der Waals surface area contributed by atoms with E-state index >= 15 is 0 Å². The second-order valence-corrected chi connectivity index (χ2v) is 6.98. The van der Waals surface area contributed by atoms with Gasteiger partial charge in [-0.05, 0) is 41.8 Å². The van der Waals surface area contributed by atoms with Crippen molar-refractivity contribution in [1.82, 2.24) is 10.3 Å². The number of hydrogen-bond acceptors (Lipinski definition) is 3. The minimum Gasteiger partial charge on any atom is -0.486 e. The number of ether oxygens (including phenoxy) is 2. The van der Waals surface area contributed by atoms with Gasteiger partial charge in [0.25, 0.3) is 5.91 Å². The number of halogens is 1. The average Bonchev–Trinajstić information content (AvgIpc) is 3.11. The van der Waals surface area contributed by atoms with Gasteiger partial charge in [-0.3, -0.25) is 4.79 Å². The molecule has 1 atom stereocenters. The molecule has 0 saturated carbocycles. The molecule has 140 valence electrons. The highest BCUT2D eigenvalue weighted by Crippen LogP contribution is 2.34. The predicted octanol–water partition coefficient (Wildman–Crippen LogP) is 4.21. The lowest BCUT2D eigenvalue weighted by molar-refractivity contribution is 0.0921. The first-order valence-corrected chi connectivity index (χ1v) is 9.00. The maximum atomic E-state index is 13.9. The number of aromatic amines is 1.